The van der Waals surface area contributed by atoms with Gasteiger partial charge in [0.1, 0.15) is 5.01 Å². The topological polar surface area (TPSA) is 59.9 Å². The van der Waals surface area contributed by atoms with Gasteiger partial charge in [-0.3, -0.25) is 0 Å². The zero-order valence-corrected chi connectivity index (χ0v) is 13.4. The third-order valence-electron chi connectivity index (χ3n) is 2.54. The van der Waals surface area contributed by atoms with Crippen LogP contribution in [0.25, 0.3) is 0 Å². The molecular formula is C12H15BrN4OS. The molecule has 0 aliphatic carbocycles. The molecule has 2 aromatic heterocycles. The first-order valence-corrected chi connectivity index (χ1v) is 7.52. The summed E-state index contributed by atoms with van der Waals surface area (Å²) >= 11 is 5.03. The summed E-state index contributed by atoms with van der Waals surface area (Å²) < 4.78 is 5.88. The predicted octanol–water partition coefficient (Wildman–Crippen LogP) is 3.44. The molecule has 1 unspecified atom stereocenters. The molecule has 2 rings (SSSR count). The van der Waals surface area contributed by atoms with Gasteiger partial charge in [-0.25, -0.2) is 9.97 Å². The number of halogens is 1. The number of hydrogen-bond donors (Lipinski definition) is 1. The third-order valence-corrected chi connectivity index (χ3v) is 4.41. The number of thiazole rings is 1. The first kappa shape index (κ1) is 14.2. The predicted molar refractivity (Wildman–Crippen MR) is 79.8 cm³/mol. The molecule has 0 saturated heterocycles. The van der Waals surface area contributed by atoms with Gasteiger partial charge in [0, 0.05) is 11.1 Å². The van der Waals surface area contributed by atoms with Crippen LogP contribution in [-0.2, 0) is 6.42 Å². The maximum Gasteiger partial charge on any atom is 0.232 e. The molecule has 0 radical (unpaired) electrons. The molecule has 0 aliphatic heterocycles. The summed E-state index contributed by atoms with van der Waals surface area (Å²) in [6, 6.07) is 0.0659. The Kier molecular flexibility index (Phi) is 4.71. The first-order valence-electron chi connectivity index (χ1n) is 5.91. The van der Waals surface area contributed by atoms with Gasteiger partial charge >= 0.3 is 0 Å². The van der Waals surface area contributed by atoms with Crippen LogP contribution in [0.5, 0.6) is 5.88 Å². The SMILES string of the molecule is CCc1cnc(C(C)Nc2ncc(Br)c(OC)n2)s1. The molecule has 2 heterocycles. The van der Waals surface area contributed by atoms with E-state index in [4.69, 9.17) is 4.74 Å². The zero-order valence-electron chi connectivity index (χ0n) is 11.0. The van der Waals surface area contributed by atoms with Gasteiger partial charge in [-0.15, -0.1) is 11.3 Å². The van der Waals surface area contributed by atoms with Crippen molar-refractivity contribution in [3.05, 3.63) is 26.8 Å². The van der Waals surface area contributed by atoms with Gasteiger partial charge in [-0.2, -0.15) is 4.98 Å². The van der Waals surface area contributed by atoms with E-state index < -0.39 is 0 Å². The largest absolute Gasteiger partial charge is 0.480 e. The number of hydrogen-bond acceptors (Lipinski definition) is 6. The van der Waals surface area contributed by atoms with Crippen LogP contribution >= 0.6 is 27.3 Å². The molecule has 0 spiro atoms. The Labute approximate surface area is 124 Å². The lowest BCUT2D eigenvalue weighted by Gasteiger charge is -2.11. The Morgan fingerprint density at radius 1 is 1.42 bits per heavy atom. The molecule has 5 nitrogen and oxygen atoms in total. The van der Waals surface area contributed by atoms with E-state index in [1.807, 2.05) is 13.1 Å². The van der Waals surface area contributed by atoms with Crippen LogP contribution in [0.4, 0.5) is 5.95 Å². The van der Waals surface area contributed by atoms with E-state index in [-0.39, 0.29) is 6.04 Å². The van der Waals surface area contributed by atoms with E-state index in [0.717, 1.165) is 15.9 Å². The highest BCUT2D eigenvalue weighted by Crippen LogP contribution is 2.25. The Morgan fingerprint density at radius 3 is 2.84 bits per heavy atom. The molecule has 0 bridgehead atoms. The molecule has 0 saturated carbocycles. The summed E-state index contributed by atoms with van der Waals surface area (Å²) in [7, 11) is 1.58. The van der Waals surface area contributed by atoms with Crippen LogP contribution in [-0.4, -0.2) is 22.1 Å². The molecule has 19 heavy (non-hydrogen) atoms. The Morgan fingerprint density at radius 2 is 2.21 bits per heavy atom. The number of aryl methyl sites for hydroxylation is 1. The molecule has 0 amide bonds. The van der Waals surface area contributed by atoms with Crippen LogP contribution in [0.2, 0.25) is 0 Å². The van der Waals surface area contributed by atoms with Crippen LogP contribution in [0.1, 0.15) is 29.8 Å². The van der Waals surface area contributed by atoms with E-state index in [9.17, 15) is 0 Å². The van der Waals surface area contributed by atoms with Gasteiger partial charge in [0.15, 0.2) is 0 Å². The molecule has 102 valence electrons. The summed E-state index contributed by atoms with van der Waals surface area (Å²) in [6.45, 7) is 4.16. The van der Waals surface area contributed by atoms with Gasteiger partial charge in [-0.1, -0.05) is 6.92 Å². The number of aromatic nitrogens is 3. The third kappa shape index (κ3) is 3.42. The fourth-order valence-corrected chi connectivity index (χ4v) is 2.72. The molecular weight excluding hydrogens is 328 g/mol. The number of nitrogens with one attached hydrogen (secondary N) is 1. The van der Waals surface area contributed by atoms with E-state index in [0.29, 0.717) is 11.8 Å². The van der Waals surface area contributed by atoms with E-state index in [1.54, 1.807) is 24.6 Å². The van der Waals surface area contributed by atoms with Gasteiger partial charge < -0.3 is 10.1 Å². The lowest BCUT2D eigenvalue weighted by Crippen LogP contribution is -2.09. The van der Waals surface area contributed by atoms with Crippen molar-refractivity contribution in [2.75, 3.05) is 12.4 Å². The van der Waals surface area contributed by atoms with Crippen LogP contribution in [0.3, 0.4) is 0 Å². The normalized spacial score (nSPS) is 12.2. The fraction of sp³-hybridized carbons (Fsp3) is 0.417. The minimum absolute atomic E-state index is 0.0659. The average molecular weight is 343 g/mol. The second-order valence-corrected chi connectivity index (χ2v) is 5.94. The van der Waals surface area contributed by atoms with Crippen LogP contribution in [0.15, 0.2) is 16.9 Å². The molecule has 7 heteroatoms. The van der Waals surface area contributed by atoms with Crippen molar-refractivity contribution in [1.82, 2.24) is 15.0 Å². The second kappa shape index (κ2) is 6.29. The first-order chi connectivity index (χ1) is 9.13. The van der Waals surface area contributed by atoms with Crippen molar-refractivity contribution < 1.29 is 4.74 Å². The number of anilines is 1. The summed E-state index contributed by atoms with van der Waals surface area (Å²) in [4.78, 5) is 14.2. The minimum atomic E-state index is 0.0659. The summed E-state index contributed by atoms with van der Waals surface area (Å²) in [5, 5.41) is 4.25. The highest BCUT2D eigenvalue weighted by molar-refractivity contribution is 9.10. The average Bonchev–Trinajstić information content (AvgIpc) is 2.90. The molecule has 1 atom stereocenters. The lowest BCUT2D eigenvalue weighted by molar-refractivity contribution is 0.394. The van der Waals surface area contributed by atoms with Gasteiger partial charge in [0.05, 0.1) is 23.8 Å². The summed E-state index contributed by atoms with van der Waals surface area (Å²) in [6.07, 6.45) is 4.59. The van der Waals surface area contributed by atoms with Gasteiger partial charge in [-0.05, 0) is 29.3 Å². The van der Waals surface area contributed by atoms with E-state index in [2.05, 4.69) is 43.1 Å². The highest BCUT2D eigenvalue weighted by atomic mass is 79.9. The minimum Gasteiger partial charge on any atom is -0.480 e. The highest BCUT2D eigenvalue weighted by Gasteiger charge is 2.12. The maximum absolute atomic E-state index is 5.14. The molecule has 0 aliphatic rings. The summed E-state index contributed by atoms with van der Waals surface area (Å²) in [5.74, 6) is 1.04. The van der Waals surface area contributed by atoms with E-state index in [1.165, 1.54) is 4.88 Å². The second-order valence-electron chi connectivity index (χ2n) is 3.94. The maximum atomic E-state index is 5.14. The van der Waals surface area contributed by atoms with Crippen molar-refractivity contribution in [2.24, 2.45) is 0 Å². The number of methoxy groups -OCH3 is 1. The number of ether oxygens (including phenoxy) is 1. The van der Waals surface area contributed by atoms with Crippen molar-refractivity contribution in [3.63, 3.8) is 0 Å². The Bertz CT molecular complexity index is 560. The Hall–Kier alpha value is -1.21. The smallest absolute Gasteiger partial charge is 0.232 e. The van der Waals surface area contributed by atoms with E-state index >= 15 is 0 Å². The van der Waals surface area contributed by atoms with Crippen molar-refractivity contribution in [2.45, 2.75) is 26.3 Å². The molecule has 2 aromatic rings. The van der Waals surface area contributed by atoms with Crippen molar-refractivity contribution in [1.29, 1.82) is 0 Å². The van der Waals surface area contributed by atoms with Gasteiger partial charge in [0.25, 0.3) is 0 Å². The standard InChI is InChI=1S/C12H15BrN4OS/c1-4-8-5-14-11(19-8)7(2)16-12-15-6-9(13)10(17-12)18-3/h5-7H,4H2,1-3H3,(H,15,16,17). The fourth-order valence-electron chi connectivity index (χ4n) is 1.51. The van der Waals surface area contributed by atoms with Crippen LogP contribution < -0.4 is 10.1 Å². The van der Waals surface area contributed by atoms with Gasteiger partial charge in [0.2, 0.25) is 11.8 Å². The Balaban J connectivity index is 2.11. The van der Waals surface area contributed by atoms with Crippen LogP contribution in [0, 0.1) is 0 Å². The molecule has 0 fully saturated rings. The molecule has 0 aromatic carbocycles. The molecule has 1 N–H and O–H groups in total. The quantitative estimate of drug-likeness (QED) is 0.901. The number of nitrogens with zero attached hydrogens (tertiary/aromatic N) is 3. The van der Waals surface area contributed by atoms with Crippen molar-refractivity contribution in [3.8, 4) is 5.88 Å². The lowest BCUT2D eigenvalue weighted by atomic mass is 10.3. The summed E-state index contributed by atoms with van der Waals surface area (Å²) in [5.41, 5.74) is 0. The van der Waals surface area contributed by atoms with Crippen molar-refractivity contribution >= 4 is 33.2 Å². The monoisotopic (exact) mass is 342 g/mol. The number of rotatable bonds is 5. The zero-order chi connectivity index (χ0) is 13.8.